The second-order valence-electron chi connectivity index (χ2n) is 3.71. The van der Waals surface area contributed by atoms with Crippen LogP contribution in [-0.4, -0.2) is 36.9 Å². The molecule has 0 aliphatic carbocycles. The van der Waals surface area contributed by atoms with Gasteiger partial charge in [-0.15, -0.1) is 0 Å². The maximum atomic E-state index is 11.8. The van der Waals surface area contributed by atoms with Gasteiger partial charge in [-0.1, -0.05) is 0 Å². The number of rotatable bonds is 4. The Labute approximate surface area is 107 Å². The number of imidazole rings is 1. The highest BCUT2D eigenvalue weighted by Crippen LogP contribution is 2.03. The Morgan fingerprint density at radius 1 is 1.42 bits per heavy atom. The van der Waals surface area contributed by atoms with Crippen LogP contribution in [0.15, 0.2) is 18.6 Å². The van der Waals surface area contributed by atoms with Gasteiger partial charge in [-0.2, -0.15) is 0 Å². The second kappa shape index (κ2) is 5.25. The van der Waals surface area contributed by atoms with E-state index in [0.29, 0.717) is 11.5 Å². The Bertz CT molecular complexity index is 622. The molecule has 19 heavy (non-hydrogen) atoms. The highest BCUT2D eigenvalue weighted by Gasteiger charge is 2.19. The minimum atomic E-state index is -1.24. The average molecular weight is 261 g/mol. The van der Waals surface area contributed by atoms with Crippen LogP contribution >= 0.6 is 0 Å². The van der Waals surface area contributed by atoms with Gasteiger partial charge in [-0.05, 0) is 13.0 Å². The molecule has 0 aromatic carbocycles. The minimum Gasteiger partial charge on any atom is -0.477 e. The maximum absolute atomic E-state index is 11.8. The Morgan fingerprint density at radius 2 is 2.21 bits per heavy atom. The van der Waals surface area contributed by atoms with Gasteiger partial charge in [-0.25, -0.2) is 19.7 Å². The number of aromatic amines is 1. The molecule has 8 nitrogen and oxygen atoms in total. The molecule has 1 amide bonds. The van der Waals surface area contributed by atoms with Crippen molar-refractivity contribution in [3.05, 3.63) is 41.5 Å². The molecule has 0 unspecified atom stereocenters. The summed E-state index contributed by atoms with van der Waals surface area (Å²) < 4.78 is 0. The highest BCUT2D eigenvalue weighted by atomic mass is 16.4. The van der Waals surface area contributed by atoms with Crippen molar-refractivity contribution in [1.29, 1.82) is 0 Å². The second-order valence-corrected chi connectivity index (χ2v) is 3.71. The van der Waals surface area contributed by atoms with E-state index in [1.807, 2.05) is 0 Å². The summed E-state index contributed by atoms with van der Waals surface area (Å²) in [5.41, 5.74) is 0.239. The first-order chi connectivity index (χ1) is 9.08. The number of hydrogen-bond acceptors (Lipinski definition) is 5. The number of carboxylic acid groups (broad SMARTS) is 1. The fourth-order valence-electron chi connectivity index (χ4n) is 1.49. The third-order valence-corrected chi connectivity index (χ3v) is 2.33. The van der Waals surface area contributed by atoms with Crippen LogP contribution in [0.25, 0.3) is 0 Å². The Hall–Kier alpha value is -2.77. The molecule has 98 valence electrons. The quantitative estimate of drug-likeness (QED) is 0.719. The van der Waals surface area contributed by atoms with E-state index in [1.54, 1.807) is 19.2 Å². The summed E-state index contributed by atoms with van der Waals surface area (Å²) in [7, 11) is 0. The molecule has 0 spiro atoms. The predicted molar refractivity (Wildman–Crippen MR) is 63.5 cm³/mol. The maximum Gasteiger partial charge on any atom is 0.354 e. The van der Waals surface area contributed by atoms with Gasteiger partial charge in [0, 0.05) is 6.20 Å². The molecule has 0 radical (unpaired) electrons. The van der Waals surface area contributed by atoms with E-state index in [0.717, 1.165) is 6.33 Å². The summed E-state index contributed by atoms with van der Waals surface area (Å²) in [4.78, 5) is 36.8. The number of aryl methyl sites for hydroxylation is 1. The molecule has 0 aliphatic rings. The summed E-state index contributed by atoms with van der Waals surface area (Å²) in [6, 6.07) is 1.66. The van der Waals surface area contributed by atoms with Gasteiger partial charge in [-0.3, -0.25) is 4.79 Å². The van der Waals surface area contributed by atoms with Crippen molar-refractivity contribution in [3.8, 4) is 0 Å². The number of aromatic carboxylic acids is 1. The van der Waals surface area contributed by atoms with E-state index in [9.17, 15) is 9.59 Å². The van der Waals surface area contributed by atoms with E-state index < -0.39 is 11.9 Å². The molecule has 0 fully saturated rings. The van der Waals surface area contributed by atoms with E-state index in [1.165, 1.54) is 0 Å². The van der Waals surface area contributed by atoms with Crippen molar-refractivity contribution in [1.82, 2.24) is 25.3 Å². The lowest BCUT2D eigenvalue weighted by Gasteiger charge is -2.04. The number of aromatic nitrogens is 4. The molecular weight excluding hydrogens is 250 g/mol. The number of carboxylic acids is 1. The van der Waals surface area contributed by atoms with Crippen molar-refractivity contribution in [3.63, 3.8) is 0 Å². The summed E-state index contributed by atoms with van der Waals surface area (Å²) >= 11 is 0. The number of nitrogens with zero attached hydrogens (tertiary/aromatic N) is 3. The van der Waals surface area contributed by atoms with Crippen LogP contribution in [0.2, 0.25) is 0 Å². The predicted octanol–water partition coefficient (Wildman–Crippen LogP) is 0.136. The zero-order valence-corrected chi connectivity index (χ0v) is 10.0. The average Bonchev–Trinajstić information content (AvgIpc) is 2.85. The lowest BCUT2D eigenvalue weighted by molar-refractivity contribution is 0.0685. The molecule has 0 bridgehead atoms. The van der Waals surface area contributed by atoms with Crippen LogP contribution in [-0.2, 0) is 6.54 Å². The third-order valence-electron chi connectivity index (χ3n) is 2.33. The molecule has 0 saturated heterocycles. The zero-order chi connectivity index (χ0) is 13.8. The van der Waals surface area contributed by atoms with Crippen LogP contribution < -0.4 is 5.32 Å². The zero-order valence-electron chi connectivity index (χ0n) is 10.0. The molecule has 0 atom stereocenters. The van der Waals surface area contributed by atoms with Crippen LogP contribution in [0.1, 0.15) is 32.5 Å². The fourth-order valence-corrected chi connectivity index (χ4v) is 1.49. The van der Waals surface area contributed by atoms with E-state index >= 15 is 0 Å². The number of amides is 1. The van der Waals surface area contributed by atoms with Crippen molar-refractivity contribution in [2.45, 2.75) is 13.5 Å². The smallest absolute Gasteiger partial charge is 0.354 e. The number of H-pyrrole nitrogens is 1. The lowest BCUT2D eigenvalue weighted by Crippen LogP contribution is -2.25. The largest absolute Gasteiger partial charge is 0.477 e. The Balaban J connectivity index is 2.05. The highest BCUT2D eigenvalue weighted by molar-refractivity contribution is 6.02. The molecule has 2 aromatic rings. The molecule has 0 saturated carbocycles. The van der Waals surface area contributed by atoms with Gasteiger partial charge in [0.25, 0.3) is 5.91 Å². The van der Waals surface area contributed by atoms with E-state index in [2.05, 4.69) is 25.3 Å². The molecule has 0 aliphatic heterocycles. The summed E-state index contributed by atoms with van der Waals surface area (Å²) in [6.07, 6.45) is 2.74. The number of nitrogens with one attached hydrogen (secondary N) is 2. The molecule has 2 heterocycles. The van der Waals surface area contributed by atoms with Gasteiger partial charge < -0.3 is 15.4 Å². The molecular formula is C11H11N5O3. The van der Waals surface area contributed by atoms with Crippen LogP contribution in [0, 0.1) is 6.92 Å². The normalized spacial score (nSPS) is 10.2. The minimum absolute atomic E-state index is 0.154. The SMILES string of the molecule is Cc1nccc(CNC(=O)c2nc[nH]c2C(=O)O)n1. The van der Waals surface area contributed by atoms with Gasteiger partial charge in [0.2, 0.25) is 0 Å². The summed E-state index contributed by atoms with van der Waals surface area (Å²) in [6.45, 7) is 1.91. The fraction of sp³-hybridized carbons (Fsp3) is 0.182. The molecule has 3 N–H and O–H groups in total. The number of carbonyl (C=O) groups is 2. The molecule has 2 aromatic heterocycles. The van der Waals surface area contributed by atoms with Gasteiger partial charge in [0.1, 0.15) is 5.82 Å². The monoisotopic (exact) mass is 261 g/mol. The van der Waals surface area contributed by atoms with Crippen LogP contribution in [0.3, 0.4) is 0 Å². The van der Waals surface area contributed by atoms with E-state index in [-0.39, 0.29) is 17.9 Å². The van der Waals surface area contributed by atoms with Crippen molar-refractivity contribution < 1.29 is 14.7 Å². The first-order valence-electron chi connectivity index (χ1n) is 5.41. The van der Waals surface area contributed by atoms with Crippen molar-refractivity contribution >= 4 is 11.9 Å². The number of hydrogen-bond donors (Lipinski definition) is 3. The standard InChI is InChI=1S/C11H11N5O3/c1-6-12-3-2-7(16-6)4-13-10(17)8-9(11(18)19)15-5-14-8/h2-3,5H,4H2,1H3,(H,13,17)(H,14,15)(H,18,19). The van der Waals surface area contributed by atoms with Gasteiger partial charge in [0.05, 0.1) is 18.6 Å². The van der Waals surface area contributed by atoms with E-state index in [4.69, 9.17) is 5.11 Å². The van der Waals surface area contributed by atoms with Crippen molar-refractivity contribution in [2.75, 3.05) is 0 Å². The number of carbonyl (C=O) groups excluding carboxylic acids is 1. The topological polar surface area (TPSA) is 121 Å². The lowest BCUT2D eigenvalue weighted by atomic mass is 10.3. The van der Waals surface area contributed by atoms with Crippen LogP contribution in [0.5, 0.6) is 0 Å². The third kappa shape index (κ3) is 2.92. The van der Waals surface area contributed by atoms with Gasteiger partial charge in [0.15, 0.2) is 11.4 Å². The molecule has 8 heteroatoms. The Morgan fingerprint density at radius 3 is 2.89 bits per heavy atom. The Kier molecular flexibility index (Phi) is 3.51. The van der Waals surface area contributed by atoms with Gasteiger partial charge >= 0.3 is 5.97 Å². The summed E-state index contributed by atoms with van der Waals surface area (Å²) in [5.74, 6) is -1.21. The first kappa shape index (κ1) is 12.7. The molecule has 2 rings (SSSR count). The summed E-state index contributed by atoms with van der Waals surface area (Å²) in [5, 5.41) is 11.4. The first-order valence-corrected chi connectivity index (χ1v) is 5.41. The van der Waals surface area contributed by atoms with Crippen LogP contribution in [0.4, 0.5) is 0 Å². The van der Waals surface area contributed by atoms with Crippen molar-refractivity contribution in [2.24, 2.45) is 0 Å².